The molecule has 3 N–H and O–H groups in total. The van der Waals surface area contributed by atoms with Crippen LogP contribution in [0, 0.1) is 0 Å². The maximum atomic E-state index is 11.8. The zero-order valence-corrected chi connectivity index (χ0v) is 18.8. The van der Waals surface area contributed by atoms with Crippen LogP contribution < -0.4 is 5.32 Å². The Kier molecular flexibility index (Phi) is 4.84. The van der Waals surface area contributed by atoms with E-state index >= 15 is 0 Å². The fraction of sp³-hybridized carbons (Fsp3) is 0.0833. The van der Waals surface area contributed by atoms with Crippen molar-refractivity contribution in [1.82, 2.24) is 35.1 Å². The number of imidazole rings is 1. The first-order chi connectivity index (χ1) is 16.7. The number of aromatic amines is 2. The third-order valence-electron chi connectivity index (χ3n) is 5.45. The van der Waals surface area contributed by atoms with Crippen LogP contribution in [-0.4, -0.2) is 41.0 Å². The van der Waals surface area contributed by atoms with Crippen molar-refractivity contribution in [1.29, 1.82) is 0 Å². The summed E-state index contributed by atoms with van der Waals surface area (Å²) in [7, 11) is 0. The molecule has 6 aromatic heterocycles. The van der Waals surface area contributed by atoms with E-state index in [-0.39, 0.29) is 5.91 Å². The van der Waals surface area contributed by atoms with Crippen molar-refractivity contribution in [2.45, 2.75) is 13.3 Å². The first-order valence-corrected chi connectivity index (χ1v) is 11.6. The average molecular weight is 467 g/mol. The van der Waals surface area contributed by atoms with E-state index in [1.54, 1.807) is 36.9 Å². The smallest absolute Gasteiger partial charge is 0.224 e. The Morgan fingerprint density at radius 2 is 1.94 bits per heavy atom. The van der Waals surface area contributed by atoms with Gasteiger partial charge in [0.1, 0.15) is 11.0 Å². The standard InChI is InChI=1S/C24H18N8OS/c1-2-20(33)27-14-8-13(9-25-10-14)16-5-6-17-22(28-16)23(32-31-17)24-29-18-12-26-11-15(21(18)30-24)19-4-3-7-34-19/h3-12H,2H2,1H3,(H,27,33)(H,29,30)(H,31,32). The predicted molar refractivity (Wildman–Crippen MR) is 132 cm³/mol. The molecule has 6 rings (SSSR count). The van der Waals surface area contributed by atoms with Crippen molar-refractivity contribution >= 4 is 45.0 Å². The summed E-state index contributed by atoms with van der Waals surface area (Å²) >= 11 is 1.65. The number of nitrogens with one attached hydrogen (secondary N) is 3. The highest BCUT2D eigenvalue weighted by molar-refractivity contribution is 7.13. The molecule has 0 atom stereocenters. The van der Waals surface area contributed by atoms with E-state index in [9.17, 15) is 4.79 Å². The van der Waals surface area contributed by atoms with Gasteiger partial charge in [0.05, 0.1) is 34.8 Å². The summed E-state index contributed by atoms with van der Waals surface area (Å²) in [4.78, 5) is 34.5. The van der Waals surface area contributed by atoms with Gasteiger partial charge in [-0.15, -0.1) is 11.3 Å². The Hall–Kier alpha value is -4.44. The summed E-state index contributed by atoms with van der Waals surface area (Å²) in [6, 6.07) is 9.74. The quantitative estimate of drug-likeness (QED) is 0.327. The highest BCUT2D eigenvalue weighted by atomic mass is 32.1. The van der Waals surface area contributed by atoms with Crippen molar-refractivity contribution in [3.8, 4) is 33.2 Å². The first-order valence-electron chi connectivity index (χ1n) is 10.7. The van der Waals surface area contributed by atoms with Crippen LogP contribution >= 0.6 is 11.3 Å². The van der Waals surface area contributed by atoms with E-state index in [0.29, 0.717) is 34.8 Å². The number of amides is 1. The molecule has 6 heterocycles. The molecule has 0 bridgehead atoms. The Bertz CT molecular complexity index is 1650. The largest absolute Gasteiger partial charge is 0.335 e. The molecule has 1 amide bonds. The lowest BCUT2D eigenvalue weighted by Gasteiger charge is -2.06. The molecule has 0 saturated heterocycles. The molecule has 0 spiro atoms. The number of hydrogen-bond acceptors (Lipinski definition) is 7. The van der Waals surface area contributed by atoms with Crippen LogP contribution in [0.4, 0.5) is 5.69 Å². The van der Waals surface area contributed by atoms with Gasteiger partial charge in [0.15, 0.2) is 11.5 Å². The number of thiophene rings is 1. The second kappa shape index (κ2) is 8.16. The van der Waals surface area contributed by atoms with E-state index in [1.807, 2.05) is 35.8 Å². The third-order valence-corrected chi connectivity index (χ3v) is 6.35. The predicted octanol–water partition coefficient (Wildman–Crippen LogP) is 5.04. The van der Waals surface area contributed by atoms with Gasteiger partial charge in [-0.3, -0.25) is 19.9 Å². The zero-order chi connectivity index (χ0) is 23.1. The Morgan fingerprint density at radius 1 is 1.03 bits per heavy atom. The molecular weight excluding hydrogens is 448 g/mol. The molecule has 166 valence electrons. The lowest BCUT2D eigenvalue weighted by molar-refractivity contribution is -0.115. The SMILES string of the molecule is CCC(=O)Nc1cncc(-c2ccc3[nH]nc(-c4nc5c(-c6cccs6)cncc5[nH]4)c3n2)c1. The summed E-state index contributed by atoms with van der Waals surface area (Å²) in [5.41, 5.74) is 6.87. The number of pyridine rings is 3. The summed E-state index contributed by atoms with van der Waals surface area (Å²) in [6.07, 6.45) is 7.32. The maximum absolute atomic E-state index is 11.8. The molecule has 9 nitrogen and oxygen atoms in total. The molecule has 0 aliphatic carbocycles. The molecule has 0 unspecified atom stereocenters. The summed E-state index contributed by atoms with van der Waals surface area (Å²) in [5, 5.41) is 12.4. The van der Waals surface area contributed by atoms with E-state index in [0.717, 1.165) is 32.6 Å². The van der Waals surface area contributed by atoms with Crippen molar-refractivity contribution in [3.05, 3.63) is 60.5 Å². The molecular formula is C24H18N8OS. The lowest BCUT2D eigenvalue weighted by atomic mass is 10.1. The number of hydrogen-bond donors (Lipinski definition) is 3. The fourth-order valence-corrected chi connectivity index (χ4v) is 4.52. The van der Waals surface area contributed by atoms with Crippen LogP contribution in [0.25, 0.3) is 55.3 Å². The van der Waals surface area contributed by atoms with Crippen molar-refractivity contribution < 1.29 is 4.79 Å². The van der Waals surface area contributed by atoms with Gasteiger partial charge in [-0.05, 0) is 29.6 Å². The Balaban J connectivity index is 1.43. The van der Waals surface area contributed by atoms with Gasteiger partial charge in [-0.25, -0.2) is 9.97 Å². The van der Waals surface area contributed by atoms with Crippen LogP contribution in [0.2, 0.25) is 0 Å². The monoisotopic (exact) mass is 466 g/mol. The fourth-order valence-electron chi connectivity index (χ4n) is 3.78. The Morgan fingerprint density at radius 3 is 2.79 bits per heavy atom. The number of fused-ring (bicyclic) bond motifs is 2. The zero-order valence-electron chi connectivity index (χ0n) is 18.0. The molecule has 0 fully saturated rings. The van der Waals surface area contributed by atoms with Gasteiger partial charge in [0.2, 0.25) is 5.91 Å². The molecule has 0 saturated carbocycles. The summed E-state index contributed by atoms with van der Waals surface area (Å²) in [6.45, 7) is 1.81. The van der Waals surface area contributed by atoms with Crippen LogP contribution in [0.5, 0.6) is 0 Å². The van der Waals surface area contributed by atoms with Gasteiger partial charge >= 0.3 is 0 Å². The van der Waals surface area contributed by atoms with Crippen LogP contribution in [0.3, 0.4) is 0 Å². The van der Waals surface area contributed by atoms with Gasteiger partial charge in [0, 0.05) is 34.8 Å². The van der Waals surface area contributed by atoms with Crippen molar-refractivity contribution in [2.75, 3.05) is 5.32 Å². The third kappa shape index (κ3) is 3.50. The number of carbonyl (C=O) groups excluding carboxylic acids is 1. The van der Waals surface area contributed by atoms with Crippen LogP contribution in [-0.2, 0) is 4.79 Å². The minimum atomic E-state index is -0.0687. The normalized spacial score (nSPS) is 11.3. The molecule has 0 aliphatic rings. The van der Waals surface area contributed by atoms with E-state index in [4.69, 9.17) is 9.97 Å². The lowest BCUT2D eigenvalue weighted by Crippen LogP contribution is -2.09. The number of carbonyl (C=O) groups is 1. The van der Waals surface area contributed by atoms with E-state index < -0.39 is 0 Å². The number of nitrogens with zero attached hydrogens (tertiary/aromatic N) is 5. The molecule has 0 aliphatic heterocycles. The highest BCUT2D eigenvalue weighted by Gasteiger charge is 2.17. The van der Waals surface area contributed by atoms with E-state index in [2.05, 4.69) is 36.5 Å². The van der Waals surface area contributed by atoms with Crippen molar-refractivity contribution in [3.63, 3.8) is 0 Å². The van der Waals surface area contributed by atoms with Crippen molar-refractivity contribution in [2.24, 2.45) is 0 Å². The second-order valence-electron chi connectivity index (χ2n) is 7.67. The van der Waals surface area contributed by atoms with E-state index in [1.165, 1.54) is 0 Å². The molecule has 0 aromatic carbocycles. The summed E-state index contributed by atoms with van der Waals surface area (Å²) in [5.74, 6) is 0.541. The number of anilines is 1. The summed E-state index contributed by atoms with van der Waals surface area (Å²) < 4.78 is 0. The number of aromatic nitrogens is 7. The van der Waals surface area contributed by atoms with Crippen LogP contribution in [0.1, 0.15) is 13.3 Å². The van der Waals surface area contributed by atoms with Gasteiger partial charge in [-0.1, -0.05) is 13.0 Å². The molecule has 0 radical (unpaired) electrons. The highest BCUT2D eigenvalue weighted by Crippen LogP contribution is 2.33. The first kappa shape index (κ1) is 20.2. The minimum absolute atomic E-state index is 0.0687. The molecule has 10 heteroatoms. The number of rotatable bonds is 5. The molecule has 34 heavy (non-hydrogen) atoms. The van der Waals surface area contributed by atoms with Crippen LogP contribution in [0.15, 0.2) is 60.5 Å². The topological polar surface area (TPSA) is 125 Å². The molecule has 6 aromatic rings. The number of H-pyrrole nitrogens is 2. The maximum Gasteiger partial charge on any atom is 0.224 e. The second-order valence-corrected chi connectivity index (χ2v) is 8.62. The van der Waals surface area contributed by atoms with Gasteiger partial charge in [-0.2, -0.15) is 5.10 Å². The average Bonchev–Trinajstić information content (AvgIpc) is 3.62. The minimum Gasteiger partial charge on any atom is -0.335 e. The Labute approximate surface area is 197 Å². The van der Waals surface area contributed by atoms with Gasteiger partial charge < -0.3 is 10.3 Å². The van der Waals surface area contributed by atoms with Gasteiger partial charge in [0.25, 0.3) is 0 Å².